The first kappa shape index (κ1) is 14.8. The van der Waals surface area contributed by atoms with E-state index >= 15 is 0 Å². The monoisotopic (exact) mass is 288 g/mol. The Morgan fingerprint density at radius 3 is 2.61 bits per heavy atom. The maximum atomic E-state index is 11.6. The Kier molecular flexibility index (Phi) is 5.97. The summed E-state index contributed by atoms with van der Waals surface area (Å²) >= 11 is 7.11. The van der Waals surface area contributed by atoms with Gasteiger partial charge < -0.3 is 5.73 Å². The van der Waals surface area contributed by atoms with Crippen molar-refractivity contribution in [1.29, 1.82) is 0 Å². The van der Waals surface area contributed by atoms with Crippen LogP contribution in [-0.2, 0) is 14.4 Å². The van der Waals surface area contributed by atoms with E-state index in [1.807, 2.05) is 12.1 Å². The van der Waals surface area contributed by atoms with Crippen LogP contribution in [0.4, 0.5) is 0 Å². The van der Waals surface area contributed by atoms with Crippen LogP contribution in [0, 0.1) is 0 Å². The van der Waals surface area contributed by atoms with Crippen molar-refractivity contribution in [3.05, 3.63) is 29.3 Å². The molecule has 0 bridgehead atoms. The van der Waals surface area contributed by atoms with Crippen LogP contribution in [0.25, 0.3) is 0 Å². The first-order valence-corrected chi connectivity index (χ1v) is 6.37. The van der Waals surface area contributed by atoms with Crippen molar-refractivity contribution in [3.8, 4) is 0 Å². The number of hydrogen-bond donors (Lipinski definition) is 2. The van der Waals surface area contributed by atoms with Crippen LogP contribution >= 0.6 is 23.4 Å². The van der Waals surface area contributed by atoms with Gasteiger partial charge in [-0.05, 0) is 31.2 Å². The number of primary amides is 1. The van der Waals surface area contributed by atoms with Crippen molar-refractivity contribution >= 4 is 35.2 Å². The molecule has 98 valence electrons. The highest BCUT2D eigenvalue weighted by Crippen LogP contribution is 2.24. The van der Waals surface area contributed by atoms with Crippen molar-refractivity contribution < 1.29 is 14.4 Å². The second-order valence-corrected chi connectivity index (χ2v) is 5.29. The molecule has 0 aromatic heterocycles. The average Bonchev–Trinajstić information content (AvgIpc) is 2.31. The van der Waals surface area contributed by atoms with Crippen molar-refractivity contribution in [2.75, 3.05) is 6.61 Å². The number of nitrogens with two attached hydrogens (primary N) is 1. The van der Waals surface area contributed by atoms with Gasteiger partial charge in [0, 0.05) is 9.92 Å². The molecule has 3 N–H and O–H groups in total. The second-order valence-electron chi connectivity index (χ2n) is 3.44. The Labute approximate surface area is 114 Å². The van der Waals surface area contributed by atoms with E-state index in [1.54, 1.807) is 19.1 Å². The van der Waals surface area contributed by atoms with Gasteiger partial charge in [-0.25, -0.2) is 5.48 Å². The van der Waals surface area contributed by atoms with Gasteiger partial charge in [-0.1, -0.05) is 11.6 Å². The van der Waals surface area contributed by atoms with Crippen molar-refractivity contribution in [1.82, 2.24) is 5.48 Å². The molecule has 0 heterocycles. The van der Waals surface area contributed by atoms with E-state index in [0.29, 0.717) is 5.02 Å². The highest BCUT2D eigenvalue weighted by atomic mass is 35.5. The number of carbonyl (C=O) groups is 2. The zero-order valence-electron chi connectivity index (χ0n) is 9.68. The number of carbonyl (C=O) groups excluding carboxylic acids is 2. The minimum Gasteiger partial charge on any atom is -0.368 e. The minimum atomic E-state index is -0.645. The molecule has 0 radical (unpaired) electrons. The van der Waals surface area contributed by atoms with E-state index in [2.05, 4.69) is 10.3 Å². The molecule has 1 atom stereocenters. The van der Waals surface area contributed by atoms with Crippen molar-refractivity contribution in [2.45, 2.75) is 17.1 Å². The number of benzene rings is 1. The molecule has 0 aliphatic rings. The summed E-state index contributed by atoms with van der Waals surface area (Å²) in [7, 11) is 0. The Bertz CT molecular complexity index is 425. The Morgan fingerprint density at radius 2 is 2.06 bits per heavy atom. The molecule has 2 amide bonds. The SMILES string of the molecule is CC(Sc1ccc(Cl)cc1)C(=O)NOCC(N)=O. The highest BCUT2D eigenvalue weighted by Gasteiger charge is 2.14. The van der Waals surface area contributed by atoms with Crippen LogP contribution in [0.1, 0.15) is 6.92 Å². The second kappa shape index (κ2) is 7.25. The third-order valence-corrected chi connectivity index (χ3v) is 3.25. The maximum Gasteiger partial charge on any atom is 0.256 e. The standard InChI is InChI=1S/C11H13ClN2O3S/c1-7(11(16)14-17-6-10(13)15)18-9-4-2-8(12)3-5-9/h2-5,7H,6H2,1H3,(H2,13,15)(H,14,16). The summed E-state index contributed by atoms with van der Waals surface area (Å²) in [4.78, 5) is 27.5. The first-order valence-electron chi connectivity index (χ1n) is 5.11. The molecular formula is C11H13ClN2O3S. The molecule has 1 aromatic rings. The predicted molar refractivity (Wildman–Crippen MR) is 70.1 cm³/mol. The van der Waals surface area contributed by atoms with E-state index in [-0.39, 0.29) is 17.8 Å². The summed E-state index contributed by atoms with van der Waals surface area (Å²) in [6.07, 6.45) is 0. The van der Waals surface area contributed by atoms with E-state index < -0.39 is 5.91 Å². The smallest absolute Gasteiger partial charge is 0.256 e. The maximum absolute atomic E-state index is 11.6. The van der Waals surface area contributed by atoms with Gasteiger partial charge in [-0.15, -0.1) is 11.8 Å². The predicted octanol–water partition coefficient (Wildman–Crippen LogP) is 1.35. The van der Waals surface area contributed by atoms with E-state index in [4.69, 9.17) is 17.3 Å². The molecule has 1 aromatic carbocycles. The van der Waals surface area contributed by atoms with Gasteiger partial charge in [-0.2, -0.15) is 0 Å². The van der Waals surface area contributed by atoms with Crippen molar-refractivity contribution in [2.24, 2.45) is 5.73 Å². The molecule has 18 heavy (non-hydrogen) atoms. The average molecular weight is 289 g/mol. The summed E-state index contributed by atoms with van der Waals surface area (Å²) < 4.78 is 0. The zero-order chi connectivity index (χ0) is 13.5. The summed E-state index contributed by atoms with van der Waals surface area (Å²) in [6.45, 7) is 1.38. The Balaban J connectivity index is 2.39. The number of rotatable bonds is 6. The number of amides is 2. The summed E-state index contributed by atoms with van der Waals surface area (Å²) in [5.41, 5.74) is 7.02. The van der Waals surface area contributed by atoms with E-state index in [1.165, 1.54) is 11.8 Å². The van der Waals surface area contributed by atoms with Crippen LogP contribution in [0.5, 0.6) is 0 Å². The van der Waals surface area contributed by atoms with Crippen LogP contribution < -0.4 is 11.2 Å². The number of halogens is 1. The first-order chi connectivity index (χ1) is 8.49. The fraction of sp³-hybridized carbons (Fsp3) is 0.273. The number of nitrogens with one attached hydrogen (secondary N) is 1. The molecule has 5 nitrogen and oxygen atoms in total. The van der Waals surface area contributed by atoms with E-state index in [0.717, 1.165) is 4.90 Å². The van der Waals surface area contributed by atoms with Gasteiger partial charge in [0.1, 0.15) is 0 Å². The molecule has 0 aliphatic carbocycles. The number of hydroxylamine groups is 1. The van der Waals surface area contributed by atoms with Crippen LogP contribution in [0.3, 0.4) is 0 Å². The third kappa shape index (κ3) is 5.39. The topological polar surface area (TPSA) is 81.4 Å². The molecule has 1 unspecified atom stereocenters. The summed E-state index contributed by atoms with van der Waals surface area (Å²) in [5.74, 6) is -0.982. The lowest BCUT2D eigenvalue weighted by Gasteiger charge is -2.11. The number of thioether (sulfide) groups is 1. The Morgan fingerprint density at radius 1 is 1.44 bits per heavy atom. The molecule has 0 saturated heterocycles. The minimum absolute atomic E-state index is 0.337. The molecular weight excluding hydrogens is 276 g/mol. The molecule has 0 fully saturated rings. The number of hydrogen-bond acceptors (Lipinski definition) is 4. The molecule has 7 heteroatoms. The molecule has 1 rings (SSSR count). The van der Waals surface area contributed by atoms with Gasteiger partial charge in [0.05, 0.1) is 5.25 Å². The van der Waals surface area contributed by atoms with Crippen LogP contribution in [0.15, 0.2) is 29.2 Å². The van der Waals surface area contributed by atoms with Gasteiger partial charge >= 0.3 is 0 Å². The van der Waals surface area contributed by atoms with Crippen LogP contribution in [-0.4, -0.2) is 23.7 Å². The molecule has 0 spiro atoms. The zero-order valence-corrected chi connectivity index (χ0v) is 11.3. The molecule has 0 aliphatic heterocycles. The lowest BCUT2D eigenvalue weighted by Crippen LogP contribution is -2.34. The van der Waals surface area contributed by atoms with Gasteiger partial charge in [-0.3, -0.25) is 14.4 Å². The normalized spacial score (nSPS) is 11.9. The summed E-state index contributed by atoms with van der Waals surface area (Å²) in [6, 6.07) is 7.14. The van der Waals surface area contributed by atoms with Gasteiger partial charge in [0.2, 0.25) is 5.91 Å². The fourth-order valence-corrected chi connectivity index (χ4v) is 2.01. The van der Waals surface area contributed by atoms with E-state index in [9.17, 15) is 9.59 Å². The summed E-state index contributed by atoms with van der Waals surface area (Å²) in [5, 5.41) is 0.278. The van der Waals surface area contributed by atoms with Crippen LogP contribution in [0.2, 0.25) is 5.02 Å². The molecule has 0 saturated carbocycles. The van der Waals surface area contributed by atoms with Crippen molar-refractivity contribution in [3.63, 3.8) is 0 Å². The lowest BCUT2D eigenvalue weighted by molar-refractivity contribution is -0.137. The lowest BCUT2D eigenvalue weighted by atomic mass is 10.4. The fourth-order valence-electron chi connectivity index (χ4n) is 1.03. The van der Waals surface area contributed by atoms with Gasteiger partial charge in [0.15, 0.2) is 6.61 Å². The highest BCUT2D eigenvalue weighted by molar-refractivity contribution is 8.00. The largest absolute Gasteiger partial charge is 0.368 e. The quantitative estimate of drug-likeness (QED) is 0.612. The third-order valence-electron chi connectivity index (χ3n) is 1.88. The Hall–Kier alpha value is -1.24. The van der Waals surface area contributed by atoms with Gasteiger partial charge in [0.25, 0.3) is 5.91 Å².